The van der Waals surface area contributed by atoms with Crippen LogP contribution in [0.2, 0.25) is 0 Å². The minimum Gasteiger partial charge on any atom is -0.467 e. The normalized spacial score (nSPS) is 17.7. The smallest absolute Gasteiger partial charge is 0.328 e. The predicted octanol–water partition coefficient (Wildman–Crippen LogP) is 3.78. The molecule has 3 aromatic rings. The van der Waals surface area contributed by atoms with Gasteiger partial charge in [0.15, 0.2) is 5.78 Å². The zero-order valence-corrected chi connectivity index (χ0v) is 15.7. The zero-order valence-electron chi connectivity index (χ0n) is 15.7. The van der Waals surface area contributed by atoms with E-state index in [-0.39, 0.29) is 17.8 Å². The lowest BCUT2D eigenvalue weighted by atomic mass is 9.93. The highest BCUT2D eigenvalue weighted by Gasteiger charge is 2.34. The number of allylic oxidation sites excluding steroid dienone is 1. The maximum Gasteiger partial charge on any atom is 0.328 e. The average Bonchev–Trinajstić information content (AvgIpc) is 3.15. The minimum absolute atomic E-state index is 0.0563. The van der Waals surface area contributed by atoms with Crippen molar-refractivity contribution in [3.05, 3.63) is 84.2 Å². The highest BCUT2D eigenvalue weighted by molar-refractivity contribution is 5.91. The number of benzene rings is 2. The van der Waals surface area contributed by atoms with Crippen molar-refractivity contribution in [1.82, 2.24) is 9.88 Å². The van der Waals surface area contributed by atoms with Crippen molar-refractivity contribution < 1.29 is 14.3 Å². The number of hydrogen-bond acceptors (Lipinski definition) is 4. The summed E-state index contributed by atoms with van der Waals surface area (Å²) in [5.41, 5.74) is 3.08. The molecule has 0 radical (unpaired) electrons. The van der Waals surface area contributed by atoms with E-state index in [4.69, 9.17) is 4.74 Å². The summed E-state index contributed by atoms with van der Waals surface area (Å²) in [6, 6.07) is 17.1. The number of fused-ring (bicyclic) bond motifs is 1. The first kappa shape index (κ1) is 18.0. The first-order valence-corrected chi connectivity index (χ1v) is 9.33. The van der Waals surface area contributed by atoms with Gasteiger partial charge in [-0.05, 0) is 23.3 Å². The first-order chi connectivity index (χ1) is 13.7. The maximum absolute atomic E-state index is 12.7. The van der Waals surface area contributed by atoms with Crippen LogP contribution in [0.3, 0.4) is 0 Å². The summed E-state index contributed by atoms with van der Waals surface area (Å²) in [6.45, 7) is 0. The van der Waals surface area contributed by atoms with Crippen LogP contribution in [0.5, 0.6) is 0 Å². The SMILES string of the molecule is COC(=O)[C@H](Cc1c[nH]c2ccccc12)N1C=CC(=O)C[C@H]1c1ccccc1. The van der Waals surface area contributed by atoms with Crippen molar-refractivity contribution >= 4 is 22.7 Å². The molecule has 0 saturated heterocycles. The number of methoxy groups -OCH3 is 1. The van der Waals surface area contributed by atoms with Gasteiger partial charge >= 0.3 is 5.97 Å². The largest absolute Gasteiger partial charge is 0.467 e. The number of carbonyl (C=O) groups is 2. The van der Waals surface area contributed by atoms with Crippen molar-refractivity contribution in [3.8, 4) is 0 Å². The van der Waals surface area contributed by atoms with Gasteiger partial charge in [0.05, 0.1) is 13.2 Å². The molecule has 2 heterocycles. The second-order valence-electron chi connectivity index (χ2n) is 6.96. The number of ether oxygens (including phenoxy) is 1. The molecule has 1 aromatic heterocycles. The van der Waals surface area contributed by atoms with Crippen molar-refractivity contribution in [2.24, 2.45) is 0 Å². The van der Waals surface area contributed by atoms with Crippen molar-refractivity contribution in [2.75, 3.05) is 7.11 Å². The Morgan fingerprint density at radius 3 is 2.71 bits per heavy atom. The predicted molar refractivity (Wildman–Crippen MR) is 108 cm³/mol. The molecule has 4 rings (SSSR count). The number of carbonyl (C=O) groups excluding carboxylic acids is 2. The van der Waals surface area contributed by atoms with E-state index in [9.17, 15) is 9.59 Å². The summed E-state index contributed by atoms with van der Waals surface area (Å²) < 4.78 is 5.13. The molecular formula is C23H22N2O3. The topological polar surface area (TPSA) is 62.4 Å². The Balaban J connectivity index is 1.72. The van der Waals surface area contributed by atoms with Gasteiger partial charge in [-0.3, -0.25) is 4.79 Å². The van der Waals surface area contributed by atoms with E-state index in [0.29, 0.717) is 12.8 Å². The number of nitrogens with zero attached hydrogens (tertiary/aromatic N) is 1. The fraction of sp³-hybridized carbons (Fsp3) is 0.217. The monoisotopic (exact) mass is 374 g/mol. The molecule has 1 aliphatic heterocycles. The van der Waals surface area contributed by atoms with Crippen LogP contribution in [0.25, 0.3) is 10.9 Å². The number of hydrogen-bond donors (Lipinski definition) is 1. The van der Waals surface area contributed by atoms with Gasteiger partial charge in [0.2, 0.25) is 0 Å². The molecular weight excluding hydrogens is 352 g/mol. The number of nitrogens with one attached hydrogen (secondary N) is 1. The van der Waals surface area contributed by atoms with E-state index in [1.54, 1.807) is 12.3 Å². The van der Waals surface area contributed by atoms with Crippen LogP contribution in [0.1, 0.15) is 23.6 Å². The lowest BCUT2D eigenvalue weighted by Crippen LogP contribution is -2.44. The van der Waals surface area contributed by atoms with Crippen LogP contribution in [0.15, 0.2) is 73.1 Å². The van der Waals surface area contributed by atoms with Gasteiger partial charge in [-0.1, -0.05) is 48.5 Å². The number of aromatic nitrogens is 1. The Morgan fingerprint density at radius 2 is 1.93 bits per heavy atom. The first-order valence-electron chi connectivity index (χ1n) is 9.33. The van der Waals surface area contributed by atoms with E-state index in [0.717, 1.165) is 22.0 Å². The lowest BCUT2D eigenvalue weighted by Gasteiger charge is -2.38. The van der Waals surface area contributed by atoms with Crippen LogP contribution in [0.4, 0.5) is 0 Å². The average molecular weight is 374 g/mol. The maximum atomic E-state index is 12.7. The molecule has 0 amide bonds. The zero-order chi connectivity index (χ0) is 19.5. The van der Waals surface area contributed by atoms with E-state index in [2.05, 4.69) is 4.98 Å². The Kier molecular flexibility index (Phi) is 4.98. The molecule has 0 bridgehead atoms. The molecule has 5 heteroatoms. The number of rotatable bonds is 5. The van der Waals surface area contributed by atoms with Gasteiger partial charge in [-0.25, -0.2) is 4.79 Å². The minimum atomic E-state index is -0.529. The van der Waals surface area contributed by atoms with Gasteiger partial charge in [-0.15, -0.1) is 0 Å². The highest BCUT2D eigenvalue weighted by Crippen LogP contribution is 2.32. The summed E-state index contributed by atoms with van der Waals surface area (Å²) in [5.74, 6) is -0.258. The molecule has 2 aromatic carbocycles. The summed E-state index contributed by atoms with van der Waals surface area (Å²) in [4.78, 5) is 30.1. The Hall–Kier alpha value is -3.34. The molecule has 0 spiro atoms. The fourth-order valence-corrected chi connectivity index (χ4v) is 3.88. The lowest BCUT2D eigenvalue weighted by molar-refractivity contribution is -0.147. The van der Waals surface area contributed by atoms with Crippen LogP contribution in [0, 0.1) is 0 Å². The number of esters is 1. The summed E-state index contributed by atoms with van der Waals surface area (Å²) >= 11 is 0. The summed E-state index contributed by atoms with van der Waals surface area (Å²) in [6.07, 6.45) is 6.04. The molecule has 0 fully saturated rings. The Morgan fingerprint density at radius 1 is 1.18 bits per heavy atom. The Labute approximate surface area is 163 Å². The number of ketones is 1. The van der Waals surface area contributed by atoms with Crippen LogP contribution in [-0.2, 0) is 20.7 Å². The quantitative estimate of drug-likeness (QED) is 0.691. The molecule has 0 saturated carbocycles. The second kappa shape index (κ2) is 7.72. The molecule has 1 N–H and O–H groups in total. The molecule has 142 valence electrons. The third kappa shape index (κ3) is 3.43. The molecule has 2 atom stereocenters. The standard InChI is InChI=1S/C23H22N2O3/c1-28-23(27)22(13-17-15-24-20-10-6-5-9-19(17)20)25-12-11-18(26)14-21(25)16-7-3-2-4-8-16/h2-12,15,21-22,24H,13-14H2,1H3/t21-,22-/m0/s1. The number of aromatic amines is 1. The van der Waals surface area contributed by atoms with Crippen LogP contribution >= 0.6 is 0 Å². The molecule has 0 unspecified atom stereocenters. The van der Waals surface area contributed by atoms with Gasteiger partial charge < -0.3 is 14.6 Å². The molecule has 28 heavy (non-hydrogen) atoms. The van der Waals surface area contributed by atoms with E-state index >= 15 is 0 Å². The molecule has 0 aliphatic carbocycles. The Bertz CT molecular complexity index is 1020. The third-order valence-corrected chi connectivity index (χ3v) is 5.29. The van der Waals surface area contributed by atoms with Crippen LogP contribution < -0.4 is 0 Å². The van der Waals surface area contributed by atoms with Gasteiger partial charge in [0.1, 0.15) is 6.04 Å². The number of H-pyrrole nitrogens is 1. The molecule has 5 nitrogen and oxygen atoms in total. The van der Waals surface area contributed by atoms with Gasteiger partial charge in [0.25, 0.3) is 0 Å². The van der Waals surface area contributed by atoms with Gasteiger partial charge in [-0.2, -0.15) is 0 Å². The summed E-state index contributed by atoms with van der Waals surface area (Å²) in [7, 11) is 1.40. The van der Waals surface area contributed by atoms with Crippen molar-refractivity contribution in [1.29, 1.82) is 0 Å². The third-order valence-electron chi connectivity index (χ3n) is 5.29. The van der Waals surface area contributed by atoms with E-state index in [1.165, 1.54) is 7.11 Å². The summed E-state index contributed by atoms with van der Waals surface area (Å²) in [5, 5.41) is 1.09. The van der Waals surface area contributed by atoms with E-state index < -0.39 is 6.04 Å². The van der Waals surface area contributed by atoms with Crippen molar-refractivity contribution in [2.45, 2.75) is 24.9 Å². The number of para-hydroxylation sites is 1. The molecule has 1 aliphatic rings. The fourth-order valence-electron chi connectivity index (χ4n) is 3.88. The second-order valence-corrected chi connectivity index (χ2v) is 6.96. The van der Waals surface area contributed by atoms with Crippen LogP contribution in [-0.4, -0.2) is 34.8 Å². The van der Waals surface area contributed by atoms with Crippen molar-refractivity contribution in [3.63, 3.8) is 0 Å². The van der Waals surface area contributed by atoms with E-state index in [1.807, 2.05) is 65.7 Å². The van der Waals surface area contributed by atoms with Gasteiger partial charge in [0, 0.05) is 36.1 Å². The highest BCUT2D eigenvalue weighted by atomic mass is 16.5.